The van der Waals surface area contributed by atoms with E-state index in [4.69, 9.17) is 5.11 Å². The molecule has 10 nitrogen and oxygen atoms in total. The Kier molecular flexibility index (Phi) is 4.27. The van der Waals surface area contributed by atoms with Gasteiger partial charge in [0, 0.05) is 12.7 Å². The highest BCUT2D eigenvalue weighted by Gasteiger charge is 2.38. The summed E-state index contributed by atoms with van der Waals surface area (Å²) in [5, 5.41) is 14.3. The number of carbonyl (C=O) groups excluding carboxylic acids is 2. The normalized spacial score (nSPS) is 17.3. The van der Waals surface area contributed by atoms with Gasteiger partial charge in [-0.3, -0.25) is 19.5 Å². The van der Waals surface area contributed by atoms with Crippen LogP contribution in [-0.4, -0.2) is 62.0 Å². The topological polar surface area (TPSA) is 140 Å². The number of carboxylic acids is 1. The zero-order valence-corrected chi connectivity index (χ0v) is 12.7. The molecule has 1 unspecified atom stereocenters. The number of hydrogen-bond donors (Lipinski definition) is 4. The summed E-state index contributed by atoms with van der Waals surface area (Å²) in [6.07, 6.45) is 4.35. The van der Waals surface area contributed by atoms with Crippen LogP contribution in [0, 0.1) is 0 Å². The Balaban J connectivity index is 1.47. The number of amides is 3. The van der Waals surface area contributed by atoms with Crippen molar-refractivity contribution >= 4 is 34.9 Å². The Morgan fingerprint density at radius 1 is 1.42 bits per heavy atom. The summed E-state index contributed by atoms with van der Waals surface area (Å²) < 4.78 is 0. The van der Waals surface area contributed by atoms with Crippen molar-refractivity contribution in [2.75, 3.05) is 18.4 Å². The second-order valence-electron chi connectivity index (χ2n) is 5.37. The van der Waals surface area contributed by atoms with Crippen molar-refractivity contribution in [3.8, 4) is 0 Å². The van der Waals surface area contributed by atoms with Crippen LogP contribution in [0.1, 0.15) is 12.8 Å². The van der Waals surface area contributed by atoms with Gasteiger partial charge in [0.15, 0.2) is 0 Å². The number of H-pyrrole nitrogens is 1. The van der Waals surface area contributed by atoms with E-state index in [1.54, 1.807) is 18.5 Å². The first-order valence-corrected chi connectivity index (χ1v) is 7.42. The van der Waals surface area contributed by atoms with Crippen LogP contribution in [0.15, 0.2) is 18.5 Å². The zero-order chi connectivity index (χ0) is 17.1. The third-order valence-corrected chi connectivity index (χ3v) is 3.65. The number of carboxylic acid groups (broad SMARTS) is 1. The van der Waals surface area contributed by atoms with Gasteiger partial charge in [-0.25, -0.2) is 9.78 Å². The molecule has 2 aromatic rings. The monoisotopic (exact) mass is 332 g/mol. The molecule has 3 rings (SSSR count). The molecule has 24 heavy (non-hydrogen) atoms. The molecule has 3 heterocycles. The Morgan fingerprint density at radius 3 is 3.00 bits per heavy atom. The van der Waals surface area contributed by atoms with E-state index >= 15 is 0 Å². The van der Waals surface area contributed by atoms with Crippen molar-refractivity contribution in [1.82, 2.24) is 25.2 Å². The summed E-state index contributed by atoms with van der Waals surface area (Å²) in [5.41, 5.74) is 1.62. The lowest BCUT2D eigenvalue weighted by Gasteiger charge is -2.10. The molecule has 0 aliphatic carbocycles. The zero-order valence-electron chi connectivity index (χ0n) is 12.7. The maximum atomic E-state index is 12.0. The number of carbonyl (C=O) groups is 3. The van der Waals surface area contributed by atoms with E-state index in [1.165, 1.54) is 0 Å². The average Bonchev–Trinajstić information content (AvgIpc) is 3.07. The van der Waals surface area contributed by atoms with Crippen molar-refractivity contribution in [2.24, 2.45) is 0 Å². The molecule has 0 spiro atoms. The number of rotatable bonds is 7. The van der Waals surface area contributed by atoms with Gasteiger partial charge < -0.3 is 20.7 Å². The van der Waals surface area contributed by atoms with Crippen LogP contribution in [0.3, 0.4) is 0 Å². The van der Waals surface area contributed by atoms with Gasteiger partial charge in [-0.2, -0.15) is 0 Å². The molecule has 3 amide bonds. The molecule has 1 saturated heterocycles. The minimum absolute atomic E-state index is 0.412. The van der Waals surface area contributed by atoms with Gasteiger partial charge in [0.25, 0.3) is 5.91 Å². The minimum atomic E-state index is -1.22. The summed E-state index contributed by atoms with van der Waals surface area (Å²) in [6, 6.07) is 0.449. The molecule has 1 fully saturated rings. The van der Waals surface area contributed by atoms with E-state index in [0.29, 0.717) is 30.2 Å². The molecule has 10 heteroatoms. The van der Waals surface area contributed by atoms with Crippen LogP contribution in [0.4, 0.5) is 10.7 Å². The van der Waals surface area contributed by atoms with E-state index < -0.39 is 30.5 Å². The molecular weight excluding hydrogens is 316 g/mol. The van der Waals surface area contributed by atoms with Gasteiger partial charge in [0.05, 0.1) is 17.2 Å². The molecule has 1 atom stereocenters. The second kappa shape index (κ2) is 6.52. The summed E-state index contributed by atoms with van der Waals surface area (Å²) in [5.74, 6) is -1.12. The van der Waals surface area contributed by atoms with Gasteiger partial charge >= 0.3 is 12.0 Å². The first kappa shape index (κ1) is 15.7. The highest BCUT2D eigenvalue weighted by Crippen LogP contribution is 2.13. The lowest BCUT2D eigenvalue weighted by molar-refractivity contribution is -0.141. The predicted molar refractivity (Wildman–Crippen MR) is 83.3 cm³/mol. The van der Waals surface area contributed by atoms with Crippen molar-refractivity contribution in [1.29, 1.82) is 0 Å². The molecule has 0 aromatic carbocycles. The Morgan fingerprint density at radius 2 is 2.25 bits per heavy atom. The molecule has 4 N–H and O–H groups in total. The summed E-state index contributed by atoms with van der Waals surface area (Å²) in [6.45, 7) is -0.0712. The quantitative estimate of drug-likeness (QED) is 0.418. The summed E-state index contributed by atoms with van der Waals surface area (Å²) >= 11 is 0. The number of imide groups is 1. The fraction of sp³-hybridized carbons (Fsp3) is 0.357. The number of pyridine rings is 1. The average molecular weight is 332 g/mol. The Hall–Kier alpha value is -3.17. The fourth-order valence-electron chi connectivity index (χ4n) is 2.51. The second-order valence-corrected chi connectivity index (χ2v) is 5.37. The van der Waals surface area contributed by atoms with E-state index in [9.17, 15) is 14.4 Å². The third kappa shape index (κ3) is 3.26. The van der Waals surface area contributed by atoms with Gasteiger partial charge in [0.2, 0.25) is 5.95 Å². The number of anilines is 1. The smallest absolute Gasteiger partial charge is 0.325 e. The number of nitrogens with zero attached hydrogens (tertiary/aromatic N) is 3. The van der Waals surface area contributed by atoms with Crippen molar-refractivity contribution in [3.05, 3.63) is 18.5 Å². The lowest BCUT2D eigenvalue weighted by Crippen LogP contribution is -2.36. The molecule has 0 radical (unpaired) electrons. The highest BCUT2D eigenvalue weighted by atomic mass is 16.4. The van der Waals surface area contributed by atoms with Gasteiger partial charge in [0.1, 0.15) is 12.6 Å². The van der Waals surface area contributed by atoms with Gasteiger partial charge in [-0.1, -0.05) is 0 Å². The predicted octanol–water partition coefficient (Wildman–Crippen LogP) is 0.155. The molecule has 1 aliphatic rings. The molecule has 1 aliphatic heterocycles. The number of hydrogen-bond acceptors (Lipinski definition) is 6. The standard InChI is InChI=1S/C14H16N6O4/c21-11(22)7-20-12(23)9(19-14(20)24)2-1-4-16-13-17-8-3-5-15-6-10(8)18-13/h3,5-6,9H,1-2,4,7H2,(H,19,24)(H,21,22)(H2,16,17,18). The maximum absolute atomic E-state index is 12.0. The number of fused-ring (bicyclic) bond motifs is 1. The van der Waals surface area contributed by atoms with Crippen molar-refractivity contribution in [2.45, 2.75) is 18.9 Å². The first-order chi connectivity index (χ1) is 11.5. The third-order valence-electron chi connectivity index (χ3n) is 3.65. The van der Waals surface area contributed by atoms with E-state index in [2.05, 4.69) is 25.6 Å². The molecule has 0 saturated carbocycles. The number of aliphatic carboxylic acids is 1. The minimum Gasteiger partial charge on any atom is -0.480 e. The van der Waals surface area contributed by atoms with E-state index in [1.807, 2.05) is 0 Å². The van der Waals surface area contributed by atoms with Gasteiger partial charge in [-0.15, -0.1) is 0 Å². The summed E-state index contributed by atoms with van der Waals surface area (Å²) in [7, 11) is 0. The SMILES string of the molecule is O=C(O)CN1C(=O)NC(CCCNc2nc3ccncc3[nH]2)C1=O. The van der Waals surface area contributed by atoms with Crippen LogP contribution in [0.5, 0.6) is 0 Å². The fourth-order valence-corrected chi connectivity index (χ4v) is 2.51. The van der Waals surface area contributed by atoms with Crippen molar-refractivity contribution in [3.63, 3.8) is 0 Å². The van der Waals surface area contributed by atoms with Crippen LogP contribution >= 0.6 is 0 Å². The maximum Gasteiger partial charge on any atom is 0.325 e. The highest BCUT2D eigenvalue weighted by molar-refractivity contribution is 6.05. The van der Waals surface area contributed by atoms with E-state index in [-0.39, 0.29) is 0 Å². The van der Waals surface area contributed by atoms with Crippen LogP contribution < -0.4 is 10.6 Å². The van der Waals surface area contributed by atoms with Crippen LogP contribution in [0.25, 0.3) is 11.0 Å². The van der Waals surface area contributed by atoms with Crippen LogP contribution in [0.2, 0.25) is 0 Å². The molecule has 126 valence electrons. The van der Waals surface area contributed by atoms with Crippen molar-refractivity contribution < 1.29 is 19.5 Å². The molecule has 0 bridgehead atoms. The summed E-state index contributed by atoms with van der Waals surface area (Å²) in [4.78, 5) is 46.3. The van der Waals surface area contributed by atoms with Crippen LogP contribution in [-0.2, 0) is 9.59 Å². The largest absolute Gasteiger partial charge is 0.480 e. The Labute approximate surface area is 136 Å². The number of urea groups is 1. The molecular formula is C14H16N6O4. The van der Waals surface area contributed by atoms with Gasteiger partial charge in [-0.05, 0) is 18.9 Å². The number of aromatic nitrogens is 3. The number of nitrogens with one attached hydrogen (secondary N) is 3. The van der Waals surface area contributed by atoms with E-state index in [0.717, 1.165) is 11.0 Å². The molecule has 2 aromatic heterocycles. The Bertz CT molecular complexity index is 755. The lowest BCUT2D eigenvalue weighted by atomic mass is 10.1. The number of aromatic amines is 1. The first-order valence-electron chi connectivity index (χ1n) is 7.42. The number of imidazole rings is 1.